The molecule has 0 radical (unpaired) electrons. The van der Waals surface area contributed by atoms with E-state index in [2.05, 4.69) is 26.2 Å². The molecular weight excluding hydrogens is 368 g/mol. The number of carbonyl (C=O) groups excluding carboxylic acids is 2. The zero-order valence-corrected chi connectivity index (χ0v) is 14.4. The Morgan fingerprint density at radius 1 is 0.958 bits per heavy atom. The zero-order valence-electron chi connectivity index (χ0n) is 12.8. The van der Waals surface area contributed by atoms with Crippen LogP contribution < -0.4 is 5.32 Å². The Morgan fingerprint density at radius 3 is 2.54 bits per heavy atom. The second-order valence-corrected chi connectivity index (χ2v) is 6.27. The van der Waals surface area contributed by atoms with Gasteiger partial charge in [-0.25, -0.2) is 0 Å². The Kier molecular flexibility index (Phi) is 5.01. The smallest absolute Gasteiger partial charge is 0.224 e. The Bertz CT molecular complexity index is 886. The third-order valence-corrected chi connectivity index (χ3v) is 4.19. The average molecular weight is 383 g/mol. The molecule has 0 atom stereocenters. The van der Waals surface area contributed by atoms with Gasteiger partial charge in [0, 0.05) is 34.5 Å². The topological polar surface area (TPSA) is 59.1 Å². The number of halogens is 1. The van der Waals surface area contributed by atoms with Crippen molar-refractivity contribution in [3.8, 4) is 0 Å². The third kappa shape index (κ3) is 3.86. The van der Waals surface area contributed by atoms with Crippen molar-refractivity contribution < 1.29 is 9.59 Å². The molecular formula is C19H15BrN2O2. The average Bonchev–Trinajstić information content (AvgIpc) is 2.61. The van der Waals surface area contributed by atoms with E-state index in [9.17, 15) is 9.59 Å². The molecule has 2 aromatic carbocycles. The lowest BCUT2D eigenvalue weighted by Crippen LogP contribution is -2.13. The summed E-state index contributed by atoms with van der Waals surface area (Å²) in [5.74, 6) is -0.228. The molecule has 4 nitrogen and oxygen atoms in total. The van der Waals surface area contributed by atoms with Crippen molar-refractivity contribution >= 4 is 44.2 Å². The lowest BCUT2D eigenvalue weighted by Gasteiger charge is -2.08. The molecule has 0 saturated heterocycles. The summed E-state index contributed by atoms with van der Waals surface area (Å²) in [5.41, 5.74) is 2.14. The number of nitrogens with one attached hydrogen (secondary N) is 1. The van der Waals surface area contributed by atoms with E-state index in [1.165, 1.54) is 0 Å². The monoisotopic (exact) mass is 382 g/mol. The van der Waals surface area contributed by atoms with E-state index in [-0.39, 0.29) is 24.5 Å². The van der Waals surface area contributed by atoms with E-state index in [0.717, 1.165) is 15.4 Å². The summed E-state index contributed by atoms with van der Waals surface area (Å²) in [5, 5.41) is 3.74. The Hall–Kier alpha value is -2.53. The largest absolute Gasteiger partial charge is 0.325 e. The predicted octanol–water partition coefficient (Wildman–Crippen LogP) is 4.60. The van der Waals surface area contributed by atoms with Crippen molar-refractivity contribution in [1.29, 1.82) is 0 Å². The highest BCUT2D eigenvalue weighted by atomic mass is 79.9. The van der Waals surface area contributed by atoms with Crippen LogP contribution in [0.15, 0.2) is 65.3 Å². The fraction of sp³-hybridized carbons (Fsp3) is 0.105. The van der Waals surface area contributed by atoms with E-state index in [1.807, 2.05) is 42.5 Å². The molecule has 0 saturated carbocycles. The minimum Gasteiger partial charge on any atom is -0.325 e. The highest BCUT2D eigenvalue weighted by Gasteiger charge is 2.11. The van der Waals surface area contributed by atoms with Gasteiger partial charge in [-0.2, -0.15) is 0 Å². The first-order valence-electron chi connectivity index (χ1n) is 7.56. The van der Waals surface area contributed by atoms with Crippen molar-refractivity contribution in [2.75, 3.05) is 5.32 Å². The minimum atomic E-state index is -0.184. The van der Waals surface area contributed by atoms with E-state index < -0.39 is 0 Å². The van der Waals surface area contributed by atoms with Crippen LogP contribution in [0.25, 0.3) is 10.9 Å². The third-order valence-electron chi connectivity index (χ3n) is 3.67. The van der Waals surface area contributed by atoms with Crippen molar-refractivity contribution in [2.24, 2.45) is 0 Å². The van der Waals surface area contributed by atoms with Crippen LogP contribution in [0.3, 0.4) is 0 Å². The number of benzene rings is 2. The fourth-order valence-corrected chi connectivity index (χ4v) is 2.70. The molecule has 24 heavy (non-hydrogen) atoms. The molecule has 1 aromatic heterocycles. The lowest BCUT2D eigenvalue weighted by atomic mass is 10.1. The number of pyridine rings is 1. The van der Waals surface area contributed by atoms with Crippen LogP contribution in [0.5, 0.6) is 0 Å². The second-order valence-electron chi connectivity index (χ2n) is 5.35. The highest BCUT2D eigenvalue weighted by molar-refractivity contribution is 9.10. The Morgan fingerprint density at radius 2 is 1.75 bits per heavy atom. The maximum absolute atomic E-state index is 12.2. The quantitative estimate of drug-likeness (QED) is 0.656. The van der Waals surface area contributed by atoms with Crippen LogP contribution >= 0.6 is 15.9 Å². The molecule has 1 N–H and O–H groups in total. The SMILES string of the molecule is O=C(CCC(=O)c1ccc(Br)cc1)Nc1cccc2ncccc12. The number of nitrogens with zero attached hydrogens (tertiary/aromatic N) is 1. The molecule has 5 heteroatoms. The standard InChI is InChI=1S/C19H15BrN2O2/c20-14-8-6-13(7-9-14)18(23)10-11-19(24)22-17-5-1-4-16-15(17)3-2-12-21-16/h1-9,12H,10-11H2,(H,22,24). The molecule has 0 unspecified atom stereocenters. The number of aromatic nitrogens is 1. The first-order valence-corrected chi connectivity index (χ1v) is 8.35. The van der Waals surface area contributed by atoms with Crippen LogP contribution in [0.2, 0.25) is 0 Å². The van der Waals surface area contributed by atoms with Gasteiger partial charge in [0.25, 0.3) is 0 Å². The maximum Gasteiger partial charge on any atom is 0.224 e. The summed E-state index contributed by atoms with van der Waals surface area (Å²) in [6.07, 6.45) is 2.03. The van der Waals surface area contributed by atoms with Gasteiger partial charge in [-0.15, -0.1) is 0 Å². The van der Waals surface area contributed by atoms with Gasteiger partial charge in [0.1, 0.15) is 0 Å². The molecule has 1 heterocycles. The molecule has 120 valence electrons. The number of hydrogen-bond donors (Lipinski definition) is 1. The lowest BCUT2D eigenvalue weighted by molar-refractivity contribution is -0.116. The number of carbonyl (C=O) groups is 2. The van der Waals surface area contributed by atoms with Gasteiger partial charge in [0.05, 0.1) is 11.2 Å². The molecule has 0 aliphatic rings. The van der Waals surface area contributed by atoms with Crippen LogP contribution in [0.1, 0.15) is 23.2 Å². The Balaban J connectivity index is 1.63. The molecule has 3 rings (SSSR count). The number of rotatable bonds is 5. The van der Waals surface area contributed by atoms with Gasteiger partial charge in [-0.05, 0) is 36.4 Å². The molecule has 0 fully saturated rings. The summed E-state index contributed by atoms with van der Waals surface area (Å²) in [7, 11) is 0. The highest BCUT2D eigenvalue weighted by Crippen LogP contribution is 2.21. The first-order chi connectivity index (χ1) is 11.6. The second kappa shape index (κ2) is 7.36. The summed E-state index contributed by atoms with van der Waals surface area (Å²) < 4.78 is 0.918. The summed E-state index contributed by atoms with van der Waals surface area (Å²) in [4.78, 5) is 28.5. The molecule has 0 aliphatic carbocycles. The molecule has 3 aromatic rings. The number of hydrogen-bond acceptors (Lipinski definition) is 3. The van der Waals surface area contributed by atoms with Crippen LogP contribution in [-0.2, 0) is 4.79 Å². The number of anilines is 1. The van der Waals surface area contributed by atoms with Crippen LogP contribution in [0, 0.1) is 0 Å². The number of ketones is 1. The van der Waals surface area contributed by atoms with E-state index in [4.69, 9.17) is 0 Å². The van der Waals surface area contributed by atoms with Gasteiger partial charge in [-0.1, -0.05) is 34.1 Å². The van der Waals surface area contributed by atoms with Crippen molar-refractivity contribution in [3.63, 3.8) is 0 Å². The Labute approximate surface area is 148 Å². The minimum absolute atomic E-state index is 0.0442. The normalized spacial score (nSPS) is 10.5. The molecule has 0 spiro atoms. The number of Topliss-reactive ketones (excluding diaryl/α,β-unsaturated/α-hetero) is 1. The first kappa shape index (κ1) is 16.3. The van der Waals surface area contributed by atoms with Gasteiger partial charge in [0.2, 0.25) is 5.91 Å². The van der Waals surface area contributed by atoms with Crippen molar-refractivity contribution in [2.45, 2.75) is 12.8 Å². The maximum atomic E-state index is 12.2. The van der Waals surface area contributed by atoms with Crippen molar-refractivity contribution in [3.05, 3.63) is 70.8 Å². The number of amides is 1. The van der Waals surface area contributed by atoms with Gasteiger partial charge in [0.15, 0.2) is 5.78 Å². The fourth-order valence-electron chi connectivity index (χ4n) is 2.43. The van der Waals surface area contributed by atoms with Gasteiger partial charge < -0.3 is 5.32 Å². The zero-order chi connectivity index (χ0) is 16.9. The number of fused-ring (bicyclic) bond motifs is 1. The van der Waals surface area contributed by atoms with E-state index in [0.29, 0.717) is 11.3 Å². The van der Waals surface area contributed by atoms with Crippen LogP contribution in [0.4, 0.5) is 5.69 Å². The molecule has 1 amide bonds. The van der Waals surface area contributed by atoms with E-state index >= 15 is 0 Å². The predicted molar refractivity (Wildman–Crippen MR) is 98.1 cm³/mol. The van der Waals surface area contributed by atoms with E-state index in [1.54, 1.807) is 18.3 Å². The summed E-state index contributed by atoms with van der Waals surface area (Å²) >= 11 is 3.33. The van der Waals surface area contributed by atoms with Gasteiger partial charge in [-0.3, -0.25) is 14.6 Å². The van der Waals surface area contributed by atoms with Crippen molar-refractivity contribution in [1.82, 2.24) is 4.98 Å². The van der Waals surface area contributed by atoms with Crippen LogP contribution in [-0.4, -0.2) is 16.7 Å². The molecule has 0 aliphatic heterocycles. The summed E-state index contributed by atoms with van der Waals surface area (Å²) in [6, 6.07) is 16.4. The molecule has 0 bridgehead atoms. The van der Waals surface area contributed by atoms with Gasteiger partial charge >= 0.3 is 0 Å². The summed E-state index contributed by atoms with van der Waals surface area (Å²) in [6.45, 7) is 0.